The number of nitrogens with zero attached hydrogens (tertiary/aromatic N) is 2. The van der Waals surface area contributed by atoms with E-state index in [0.717, 1.165) is 11.8 Å². The summed E-state index contributed by atoms with van der Waals surface area (Å²) in [6, 6.07) is 11.6. The molecule has 3 heteroatoms. The second kappa shape index (κ2) is 3.87. The van der Waals surface area contributed by atoms with Gasteiger partial charge in [0.05, 0.1) is 6.54 Å². The number of aromatic nitrogens is 2. The van der Waals surface area contributed by atoms with Gasteiger partial charge in [-0.1, -0.05) is 30.3 Å². The molecule has 1 heterocycles. The van der Waals surface area contributed by atoms with Crippen LogP contribution in [0.1, 0.15) is 16.1 Å². The summed E-state index contributed by atoms with van der Waals surface area (Å²) in [5, 5.41) is 4.07. The molecule has 1 aromatic heterocycles. The lowest BCUT2D eigenvalue weighted by Gasteiger charge is -2.02. The van der Waals surface area contributed by atoms with Gasteiger partial charge in [-0.15, -0.1) is 0 Å². The van der Waals surface area contributed by atoms with Crippen LogP contribution in [-0.2, 0) is 6.54 Å². The molecule has 0 spiro atoms. The number of hydrogen-bond donors (Lipinski definition) is 0. The van der Waals surface area contributed by atoms with Crippen LogP contribution in [0, 0.1) is 0 Å². The minimum Gasteiger partial charge on any atom is -0.296 e. The first-order chi connectivity index (χ1) is 6.90. The molecular weight excluding hydrogens is 176 g/mol. The lowest BCUT2D eigenvalue weighted by Crippen LogP contribution is -2.05. The monoisotopic (exact) mass is 186 g/mol. The first-order valence-electron chi connectivity index (χ1n) is 4.41. The summed E-state index contributed by atoms with van der Waals surface area (Å²) in [7, 11) is 0. The summed E-state index contributed by atoms with van der Waals surface area (Å²) in [5.41, 5.74) is 1.74. The van der Waals surface area contributed by atoms with E-state index in [9.17, 15) is 4.79 Å². The van der Waals surface area contributed by atoms with E-state index in [1.807, 2.05) is 30.3 Å². The van der Waals surface area contributed by atoms with Gasteiger partial charge in [-0.05, 0) is 11.6 Å². The van der Waals surface area contributed by atoms with Crippen LogP contribution in [-0.4, -0.2) is 16.1 Å². The van der Waals surface area contributed by atoms with Crippen LogP contribution < -0.4 is 0 Å². The molecule has 0 saturated heterocycles. The van der Waals surface area contributed by atoms with E-state index in [0.29, 0.717) is 12.2 Å². The van der Waals surface area contributed by atoms with Crippen molar-refractivity contribution < 1.29 is 4.79 Å². The van der Waals surface area contributed by atoms with Crippen LogP contribution in [0.5, 0.6) is 0 Å². The first kappa shape index (κ1) is 8.69. The summed E-state index contributed by atoms with van der Waals surface area (Å²) in [6.45, 7) is 0.641. The van der Waals surface area contributed by atoms with Gasteiger partial charge in [-0.2, -0.15) is 5.10 Å². The SMILES string of the molecule is O=Cc1ccnn1Cc1ccccc1. The molecule has 14 heavy (non-hydrogen) atoms. The molecule has 2 rings (SSSR count). The quantitative estimate of drug-likeness (QED) is 0.684. The van der Waals surface area contributed by atoms with Gasteiger partial charge in [0.15, 0.2) is 6.29 Å². The summed E-state index contributed by atoms with van der Waals surface area (Å²) >= 11 is 0. The number of hydrogen-bond acceptors (Lipinski definition) is 2. The average molecular weight is 186 g/mol. The smallest absolute Gasteiger partial charge is 0.168 e. The maximum Gasteiger partial charge on any atom is 0.168 e. The average Bonchev–Trinajstić information content (AvgIpc) is 2.67. The molecule has 0 saturated carbocycles. The predicted octanol–water partition coefficient (Wildman–Crippen LogP) is 1.74. The third-order valence-corrected chi connectivity index (χ3v) is 2.05. The summed E-state index contributed by atoms with van der Waals surface area (Å²) in [4.78, 5) is 10.6. The molecule has 3 nitrogen and oxygen atoms in total. The largest absolute Gasteiger partial charge is 0.296 e. The van der Waals surface area contributed by atoms with Crippen LogP contribution in [0.3, 0.4) is 0 Å². The van der Waals surface area contributed by atoms with Gasteiger partial charge in [0, 0.05) is 6.20 Å². The number of carbonyl (C=O) groups is 1. The molecule has 0 N–H and O–H groups in total. The van der Waals surface area contributed by atoms with E-state index in [1.165, 1.54) is 0 Å². The summed E-state index contributed by atoms with van der Waals surface area (Å²) in [6.07, 6.45) is 2.45. The van der Waals surface area contributed by atoms with E-state index in [4.69, 9.17) is 0 Å². The van der Waals surface area contributed by atoms with Crippen molar-refractivity contribution >= 4 is 6.29 Å². The van der Waals surface area contributed by atoms with Gasteiger partial charge in [0.1, 0.15) is 5.69 Å². The van der Waals surface area contributed by atoms with E-state index in [-0.39, 0.29) is 0 Å². The topological polar surface area (TPSA) is 34.9 Å². The Morgan fingerprint density at radius 3 is 2.71 bits per heavy atom. The molecule has 0 aliphatic heterocycles. The zero-order chi connectivity index (χ0) is 9.80. The lowest BCUT2D eigenvalue weighted by molar-refractivity contribution is 0.111. The third-order valence-electron chi connectivity index (χ3n) is 2.05. The Morgan fingerprint density at radius 2 is 2.00 bits per heavy atom. The Balaban J connectivity index is 2.23. The maximum atomic E-state index is 10.6. The van der Waals surface area contributed by atoms with E-state index < -0.39 is 0 Å². The highest BCUT2D eigenvalue weighted by molar-refractivity contribution is 5.71. The second-order valence-corrected chi connectivity index (χ2v) is 3.02. The number of rotatable bonds is 3. The van der Waals surface area contributed by atoms with Crippen LogP contribution >= 0.6 is 0 Å². The molecule has 2 aromatic rings. The Morgan fingerprint density at radius 1 is 1.21 bits per heavy atom. The van der Waals surface area contributed by atoms with Gasteiger partial charge in [0.2, 0.25) is 0 Å². The molecule has 1 aromatic carbocycles. The van der Waals surface area contributed by atoms with Crippen molar-refractivity contribution in [2.75, 3.05) is 0 Å². The fourth-order valence-corrected chi connectivity index (χ4v) is 1.33. The van der Waals surface area contributed by atoms with Crippen LogP contribution in [0.4, 0.5) is 0 Å². The maximum absolute atomic E-state index is 10.6. The third kappa shape index (κ3) is 1.71. The molecule has 0 aliphatic rings. The lowest BCUT2D eigenvalue weighted by atomic mass is 10.2. The van der Waals surface area contributed by atoms with Crippen molar-refractivity contribution in [1.29, 1.82) is 0 Å². The van der Waals surface area contributed by atoms with Gasteiger partial charge in [-0.25, -0.2) is 0 Å². The highest BCUT2D eigenvalue weighted by Crippen LogP contribution is 2.03. The van der Waals surface area contributed by atoms with Crippen molar-refractivity contribution in [3.8, 4) is 0 Å². The molecule has 0 unspecified atom stereocenters. The molecule has 0 atom stereocenters. The molecular formula is C11H10N2O. The van der Waals surface area contributed by atoms with Crippen molar-refractivity contribution in [3.05, 3.63) is 53.9 Å². The molecule has 0 fully saturated rings. The van der Waals surface area contributed by atoms with Gasteiger partial charge < -0.3 is 0 Å². The minimum atomic E-state index is 0.605. The van der Waals surface area contributed by atoms with Crippen molar-refractivity contribution in [1.82, 2.24) is 9.78 Å². The molecule has 70 valence electrons. The van der Waals surface area contributed by atoms with Crippen molar-refractivity contribution in [2.45, 2.75) is 6.54 Å². The second-order valence-electron chi connectivity index (χ2n) is 3.02. The van der Waals surface area contributed by atoms with Crippen LogP contribution in [0.25, 0.3) is 0 Å². The fraction of sp³-hybridized carbons (Fsp3) is 0.0909. The van der Waals surface area contributed by atoms with Crippen molar-refractivity contribution in [2.24, 2.45) is 0 Å². The zero-order valence-corrected chi connectivity index (χ0v) is 7.63. The number of aldehydes is 1. The molecule has 0 bridgehead atoms. The predicted molar refractivity (Wildman–Crippen MR) is 53.2 cm³/mol. The Labute approximate surface area is 82.0 Å². The Hall–Kier alpha value is -1.90. The normalized spacial score (nSPS) is 10.0. The van der Waals surface area contributed by atoms with E-state index in [2.05, 4.69) is 5.10 Å². The van der Waals surface area contributed by atoms with Gasteiger partial charge in [-0.3, -0.25) is 9.48 Å². The fourth-order valence-electron chi connectivity index (χ4n) is 1.33. The summed E-state index contributed by atoms with van der Waals surface area (Å²) < 4.78 is 1.68. The zero-order valence-electron chi connectivity index (χ0n) is 7.63. The first-order valence-corrected chi connectivity index (χ1v) is 4.41. The summed E-state index contributed by atoms with van der Waals surface area (Å²) in [5.74, 6) is 0. The number of benzene rings is 1. The Bertz CT molecular complexity index is 420. The van der Waals surface area contributed by atoms with E-state index in [1.54, 1.807) is 16.9 Å². The highest BCUT2D eigenvalue weighted by Gasteiger charge is 2.00. The highest BCUT2D eigenvalue weighted by atomic mass is 16.1. The van der Waals surface area contributed by atoms with E-state index >= 15 is 0 Å². The molecule has 0 radical (unpaired) electrons. The standard InChI is InChI=1S/C11H10N2O/c14-9-11-6-7-12-13(11)8-10-4-2-1-3-5-10/h1-7,9H,8H2. The van der Waals surface area contributed by atoms with Gasteiger partial charge >= 0.3 is 0 Å². The number of carbonyl (C=O) groups excluding carboxylic acids is 1. The Kier molecular flexibility index (Phi) is 2.40. The minimum absolute atomic E-state index is 0.605. The van der Waals surface area contributed by atoms with Crippen LogP contribution in [0.2, 0.25) is 0 Å². The van der Waals surface area contributed by atoms with Crippen molar-refractivity contribution in [3.63, 3.8) is 0 Å². The molecule has 0 amide bonds. The molecule has 0 aliphatic carbocycles. The van der Waals surface area contributed by atoms with Crippen LogP contribution in [0.15, 0.2) is 42.6 Å². The van der Waals surface area contributed by atoms with Gasteiger partial charge in [0.25, 0.3) is 0 Å².